The molecule has 2 nitrogen and oxygen atoms in total. The molecule has 0 radical (unpaired) electrons. The Balaban J connectivity index is 2.25. The molecule has 0 fully saturated rings. The van der Waals surface area contributed by atoms with Gasteiger partial charge in [0.2, 0.25) is 5.90 Å². The second-order valence-corrected chi connectivity index (χ2v) is 3.36. The van der Waals surface area contributed by atoms with E-state index in [2.05, 4.69) is 11.9 Å². The first kappa shape index (κ1) is 8.30. The number of aliphatic imine (C=N–C) groups is 1. The molecular formula is C11H13NO. The highest BCUT2D eigenvalue weighted by Crippen LogP contribution is 2.16. The van der Waals surface area contributed by atoms with Gasteiger partial charge < -0.3 is 4.74 Å². The second-order valence-electron chi connectivity index (χ2n) is 3.36. The third-order valence-electron chi connectivity index (χ3n) is 2.32. The van der Waals surface area contributed by atoms with E-state index in [0.717, 1.165) is 11.5 Å². The lowest BCUT2D eigenvalue weighted by Crippen LogP contribution is -2.14. The van der Waals surface area contributed by atoms with Gasteiger partial charge in [-0.25, -0.2) is 4.99 Å². The minimum Gasteiger partial charge on any atom is -0.472 e. The van der Waals surface area contributed by atoms with Gasteiger partial charge in [0, 0.05) is 5.56 Å². The van der Waals surface area contributed by atoms with Gasteiger partial charge in [-0.05, 0) is 26.0 Å². The molecule has 0 saturated carbocycles. The van der Waals surface area contributed by atoms with E-state index in [-0.39, 0.29) is 12.1 Å². The Morgan fingerprint density at radius 3 is 2.38 bits per heavy atom. The standard InChI is InChI=1S/C11H13NO/c1-8-9(2)13-11(12-8)10-6-4-3-5-7-10/h3-9H,1-2H3. The Labute approximate surface area is 78.3 Å². The van der Waals surface area contributed by atoms with Gasteiger partial charge in [0.1, 0.15) is 6.10 Å². The molecule has 2 heteroatoms. The van der Waals surface area contributed by atoms with E-state index in [1.165, 1.54) is 0 Å². The predicted molar refractivity (Wildman–Crippen MR) is 53.0 cm³/mol. The molecule has 0 saturated heterocycles. The lowest BCUT2D eigenvalue weighted by molar-refractivity contribution is 0.219. The van der Waals surface area contributed by atoms with E-state index >= 15 is 0 Å². The number of nitrogens with zero attached hydrogens (tertiary/aromatic N) is 1. The number of hydrogen-bond donors (Lipinski definition) is 0. The molecule has 2 unspecified atom stereocenters. The van der Waals surface area contributed by atoms with Gasteiger partial charge in [-0.2, -0.15) is 0 Å². The van der Waals surface area contributed by atoms with Gasteiger partial charge in [0.25, 0.3) is 0 Å². The molecule has 13 heavy (non-hydrogen) atoms. The molecule has 68 valence electrons. The molecule has 2 rings (SSSR count). The van der Waals surface area contributed by atoms with Crippen molar-refractivity contribution in [1.29, 1.82) is 0 Å². The minimum atomic E-state index is 0.204. The van der Waals surface area contributed by atoms with E-state index in [0.29, 0.717) is 0 Å². The van der Waals surface area contributed by atoms with E-state index in [4.69, 9.17) is 4.74 Å². The maximum atomic E-state index is 5.61. The summed E-state index contributed by atoms with van der Waals surface area (Å²) in [6.45, 7) is 4.12. The fourth-order valence-corrected chi connectivity index (χ4v) is 1.32. The van der Waals surface area contributed by atoms with Crippen molar-refractivity contribution >= 4 is 5.90 Å². The molecule has 1 aromatic rings. The minimum absolute atomic E-state index is 0.204. The molecule has 0 spiro atoms. The summed E-state index contributed by atoms with van der Waals surface area (Å²) in [4.78, 5) is 4.43. The zero-order valence-electron chi connectivity index (χ0n) is 7.90. The van der Waals surface area contributed by atoms with Crippen molar-refractivity contribution in [2.75, 3.05) is 0 Å². The van der Waals surface area contributed by atoms with Crippen molar-refractivity contribution in [3.63, 3.8) is 0 Å². The highest BCUT2D eigenvalue weighted by atomic mass is 16.5. The van der Waals surface area contributed by atoms with E-state index in [9.17, 15) is 0 Å². The van der Waals surface area contributed by atoms with Crippen molar-refractivity contribution in [3.05, 3.63) is 35.9 Å². The molecule has 1 heterocycles. The van der Waals surface area contributed by atoms with Crippen molar-refractivity contribution in [2.24, 2.45) is 4.99 Å². The number of rotatable bonds is 1. The van der Waals surface area contributed by atoms with Crippen LogP contribution in [0, 0.1) is 0 Å². The quantitative estimate of drug-likeness (QED) is 0.641. The molecular weight excluding hydrogens is 162 g/mol. The van der Waals surface area contributed by atoms with Crippen LogP contribution in [0.2, 0.25) is 0 Å². The van der Waals surface area contributed by atoms with Crippen LogP contribution in [-0.2, 0) is 4.74 Å². The summed E-state index contributed by atoms with van der Waals surface area (Å²) < 4.78 is 5.61. The van der Waals surface area contributed by atoms with Crippen molar-refractivity contribution < 1.29 is 4.74 Å². The largest absolute Gasteiger partial charge is 0.472 e. The van der Waals surface area contributed by atoms with E-state index in [1.807, 2.05) is 37.3 Å². The van der Waals surface area contributed by atoms with Crippen LogP contribution < -0.4 is 0 Å². The smallest absolute Gasteiger partial charge is 0.216 e. The summed E-state index contributed by atoms with van der Waals surface area (Å²) in [6.07, 6.45) is 0.204. The Bertz CT molecular complexity index is 318. The van der Waals surface area contributed by atoms with Gasteiger partial charge in [0.15, 0.2) is 0 Å². The normalized spacial score (nSPS) is 26.8. The average molecular weight is 175 g/mol. The lowest BCUT2D eigenvalue weighted by atomic mass is 10.2. The molecule has 0 amide bonds. The van der Waals surface area contributed by atoms with Crippen LogP contribution in [0.15, 0.2) is 35.3 Å². The first-order valence-corrected chi connectivity index (χ1v) is 4.57. The fourth-order valence-electron chi connectivity index (χ4n) is 1.32. The predicted octanol–water partition coefficient (Wildman–Crippen LogP) is 2.24. The highest BCUT2D eigenvalue weighted by Gasteiger charge is 2.23. The van der Waals surface area contributed by atoms with Crippen LogP contribution in [0.4, 0.5) is 0 Å². The summed E-state index contributed by atoms with van der Waals surface area (Å²) in [5, 5.41) is 0. The van der Waals surface area contributed by atoms with Gasteiger partial charge in [-0.1, -0.05) is 18.2 Å². The molecule has 0 aliphatic carbocycles. The summed E-state index contributed by atoms with van der Waals surface area (Å²) in [6, 6.07) is 10.3. The SMILES string of the molecule is CC1N=C(c2ccccc2)OC1C. The van der Waals surface area contributed by atoms with Crippen LogP contribution in [-0.4, -0.2) is 18.0 Å². The zero-order valence-corrected chi connectivity index (χ0v) is 7.90. The molecule has 1 aromatic carbocycles. The Morgan fingerprint density at radius 2 is 1.85 bits per heavy atom. The van der Waals surface area contributed by atoms with Gasteiger partial charge in [-0.3, -0.25) is 0 Å². The van der Waals surface area contributed by atoms with Crippen molar-refractivity contribution in [2.45, 2.75) is 26.0 Å². The molecule has 2 atom stereocenters. The monoisotopic (exact) mass is 175 g/mol. The summed E-state index contributed by atoms with van der Waals surface area (Å²) in [5.74, 6) is 0.778. The zero-order chi connectivity index (χ0) is 9.26. The van der Waals surface area contributed by atoms with Crippen LogP contribution >= 0.6 is 0 Å². The van der Waals surface area contributed by atoms with Crippen molar-refractivity contribution in [1.82, 2.24) is 0 Å². The number of benzene rings is 1. The molecule has 0 N–H and O–H groups in total. The van der Waals surface area contributed by atoms with Gasteiger partial charge in [0.05, 0.1) is 6.04 Å². The van der Waals surface area contributed by atoms with Gasteiger partial charge >= 0.3 is 0 Å². The van der Waals surface area contributed by atoms with Crippen LogP contribution in [0.25, 0.3) is 0 Å². The lowest BCUT2D eigenvalue weighted by Gasteiger charge is -2.07. The molecule has 0 bridgehead atoms. The Morgan fingerprint density at radius 1 is 1.15 bits per heavy atom. The van der Waals surface area contributed by atoms with Gasteiger partial charge in [-0.15, -0.1) is 0 Å². The maximum Gasteiger partial charge on any atom is 0.216 e. The number of ether oxygens (including phenoxy) is 1. The summed E-state index contributed by atoms with van der Waals surface area (Å²) >= 11 is 0. The second kappa shape index (κ2) is 3.21. The summed E-state index contributed by atoms with van der Waals surface area (Å²) in [7, 11) is 0. The third kappa shape index (κ3) is 1.57. The van der Waals surface area contributed by atoms with Crippen LogP contribution in [0.3, 0.4) is 0 Å². The van der Waals surface area contributed by atoms with Crippen LogP contribution in [0.1, 0.15) is 19.4 Å². The fraction of sp³-hybridized carbons (Fsp3) is 0.364. The highest BCUT2D eigenvalue weighted by molar-refractivity contribution is 5.95. The molecule has 1 aliphatic rings. The third-order valence-corrected chi connectivity index (χ3v) is 2.32. The Hall–Kier alpha value is -1.31. The number of hydrogen-bond acceptors (Lipinski definition) is 2. The first-order valence-electron chi connectivity index (χ1n) is 4.57. The van der Waals surface area contributed by atoms with Crippen LogP contribution in [0.5, 0.6) is 0 Å². The maximum absolute atomic E-state index is 5.61. The van der Waals surface area contributed by atoms with E-state index in [1.54, 1.807) is 0 Å². The topological polar surface area (TPSA) is 21.6 Å². The first-order chi connectivity index (χ1) is 6.27. The van der Waals surface area contributed by atoms with Crippen molar-refractivity contribution in [3.8, 4) is 0 Å². The average Bonchev–Trinajstić information content (AvgIpc) is 2.49. The molecule has 1 aliphatic heterocycles. The molecule has 0 aromatic heterocycles. The summed E-state index contributed by atoms with van der Waals surface area (Å²) in [5.41, 5.74) is 1.07. The van der Waals surface area contributed by atoms with E-state index < -0.39 is 0 Å². The Kier molecular flexibility index (Phi) is 2.05.